The number of nitrogens with one attached hydrogen (secondary N) is 2. The molecule has 1 fully saturated rings. The van der Waals surface area contributed by atoms with Gasteiger partial charge < -0.3 is 15.7 Å². The summed E-state index contributed by atoms with van der Waals surface area (Å²) in [5.74, 6) is -0.405. The van der Waals surface area contributed by atoms with Crippen molar-refractivity contribution >= 4 is 22.9 Å². The zero-order valence-electron chi connectivity index (χ0n) is 19.4. The summed E-state index contributed by atoms with van der Waals surface area (Å²) in [7, 11) is 0. The lowest BCUT2D eigenvalue weighted by Gasteiger charge is -2.36. The Hall–Kier alpha value is -3.58. The average Bonchev–Trinajstić information content (AvgIpc) is 2.77. The molecule has 2 heterocycles. The van der Waals surface area contributed by atoms with Gasteiger partial charge in [-0.3, -0.25) is 14.8 Å². The van der Waals surface area contributed by atoms with Crippen LogP contribution in [0.1, 0.15) is 49.0 Å². The van der Waals surface area contributed by atoms with Crippen LogP contribution in [0, 0.1) is 11.7 Å². The molecule has 0 spiro atoms. The normalized spacial score (nSPS) is 15.2. The van der Waals surface area contributed by atoms with Gasteiger partial charge in [-0.15, -0.1) is 0 Å². The number of halogens is 1. The zero-order chi connectivity index (χ0) is 24.2. The second kappa shape index (κ2) is 10.1. The summed E-state index contributed by atoms with van der Waals surface area (Å²) in [5, 5.41) is 16.5. The maximum atomic E-state index is 14.4. The first kappa shape index (κ1) is 23.6. The molecule has 0 saturated heterocycles. The van der Waals surface area contributed by atoms with Gasteiger partial charge in [0.15, 0.2) is 0 Å². The van der Waals surface area contributed by atoms with Gasteiger partial charge in [0.05, 0.1) is 29.1 Å². The number of pyridine rings is 2. The molecule has 3 aromatic rings. The van der Waals surface area contributed by atoms with Crippen molar-refractivity contribution < 1.29 is 14.3 Å². The maximum Gasteiger partial charge on any atom is 0.255 e. The summed E-state index contributed by atoms with van der Waals surface area (Å²) < 4.78 is 14.4. The number of allylic oxidation sites excluding steroid dienone is 1. The van der Waals surface area contributed by atoms with Crippen LogP contribution in [-0.2, 0) is 0 Å². The molecule has 0 radical (unpaired) electrons. The van der Waals surface area contributed by atoms with E-state index in [2.05, 4.69) is 27.2 Å². The van der Waals surface area contributed by atoms with Crippen LogP contribution in [0.15, 0.2) is 61.6 Å². The van der Waals surface area contributed by atoms with Crippen molar-refractivity contribution in [3.8, 4) is 11.3 Å². The van der Waals surface area contributed by atoms with Gasteiger partial charge in [0.25, 0.3) is 5.91 Å². The topological polar surface area (TPSA) is 87.1 Å². The van der Waals surface area contributed by atoms with E-state index in [-0.39, 0.29) is 23.7 Å². The Morgan fingerprint density at radius 3 is 2.59 bits per heavy atom. The molecular formula is C27H29FN4O2. The molecule has 0 bridgehead atoms. The van der Waals surface area contributed by atoms with Crippen LogP contribution in [0.25, 0.3) is 16.8 Å². The third-order valence-corrected chi connectivity index (χ3v) is 6.32. The average molecular weight is 461 g/mol. The molecule has 1 saturated carbocycles. The summed E-state index contributed by atoms with van der Waals surface area (Å²) in [6.07, 6.45) is 7.18. The zero-order valence-corrected chi connectivity index (χ0v) is 19.4. The van der Waals surface area contributed by atoms with Crippen molar-refractivity contribution in [1.29, 1.82) is 0 Å². The van der Waals surface area contributed by atoms with Gasteiger partial charge in [-0.25, -0.2) is 4.39 Å². The molecule has 34 heavy (non-hydrogen) atoms. The third kappa shape index (κ3) is 4.99. The number of amides is 1. The highest BCUT2D eigenvalue weighted by Crippen LogP contribution is 2.33. The molecule has 1 amide bonds. The van der Waals surface area contributed by atoms with E-state index in [1.54, 1.807) is 49.6 Å². The third-order valence-electron chi connectivity index (χ3n) is 6.32. The summed E-state index contributed by atoms with van der Waals surface area (Å²) in [6, 6.07) is 9.59. The van der Waals surface area contributed by atoms with Crippen molar-refractivity contribution in [2.75, 3.05) is 5.32 Å². The van der Waals surface area contributed by atoms with Crippen LogP contribution in [0.4, 0.5) is 15.8 Å². The minimum Gasteiger partial charge on any atom is -0.391 e. The first-order valence-electron chi connectivity index (χ1n) is 11.5. The van der Waals surface area contributed by atoms with E-state index < -0.39 is 6.10 Å². The largest absolute Gasteiger partial charge is 0.391 e. The predicted molar refractivity (Wildman–Crippen MR) is 132 cm³/mol. The SMILES string of the molecule is C=C(C)c1cnc(-c2ccccc2F)cc1Nc1ccncc1C(=O)NC(C1CCC1)[C@H](C)O. The molecule has 6 nitrogen and oxygen atoms in total. The highest BCUT2D eigenvalue weighted by molar-refractivity contribution is 6.00. The van der Waals surface area contributed by atoms with Crippen LogP contribution in [0.3, 0.4) is 0 Å². The molecule has 3 N–H and O–H groups in total. The molecule has 176 valence electrons. The Labute approximate surface area is 199 Å². The number of aliphatic hydroxyl groups excluding tert-OH is 1. The fourth-order valence-electron chi connectivity index (χ4n) is 4.20. The number of rotatable bonds is 8. The molecule has 0 aliphatic heterocycles. The van der Waals surface area contributed by atoms with E-state index >= 15 is 0 Å². The smallest absolute Gasteiger partial charge is 0.255 e. The number of hydrogen-bond acceptors (Lipinski definition) is 5. The molecule has 1 unspecified atom stereocenters. The van der Waals surface area contributed by atoms with Crippen LogP contribution in [-0.4, -0.2) is 33.1 Å². The van der Waals surface area contributed by atoms with Crippen LogP contribution >= 0.6 is 0 Å². The first-order chi connectivity index (χ1) is 16.3. The van der Waals surface area contributed by atoms with E-state index in [0.29, 0.717) is 28.2 Å². The highest BCUT2D eigenvalue weighted by atomic mass is 19.1. The van der Waals surface area contributed by atoms with Crippen molar-refractivity contribution in [1.82, 2.24) is 15.3 Å². The molecular weight excluding hydrogens is 431 g/mol. The predicted octanol–water partition coefficient (Wildman–Crippen LogP) is 5.34. The van der Waals surface area contributed by atoms with E-state index in [1.807, 2.05) is 6.92 Å². The standard InChI is InChI=1S/C27H29FN4O2/c1-16(2)20-15-30-24(19-9-4-5-10-22(19)28)13-25(20)31-23-11-12-29-14-21(23)27(34)32-26(17(3)33)18-7-6-8-18/h4-5,9-15,17-18,26,33H,1,6-8H2,2-3H3,(H,32,34)(H,29,30,31)/t17-,26?/m0/s1. The number of carbonyl (C=O) groups is 1. The quantitative estimate of drug-likeness (QED) is 0.422. The summed E-state index contributed by atoms with van der Waals surface area (Å²) in [4.78, 5) is 21.7. The highest BCUT2D eigenvalue weighted by Gasteiger charge is 2.32. The number of aromatic nitrogens is 2. The van der Waals surface area contributed by atoms with Gasteiger partial charge in [0.1, 0.15) is 5.82 Å². The van der Waals surface area contributed by atoms with Crippen LogP contribution in [0.5, 0.6) is 0 Å². The molecule has 2 atom stereocenters. The van der Waals surface area contributed by atoms with Gasteiger partial charge in [-0.2, -0.15) is 0 Å². The molecule has 1 aromatic carbocycles. The lowest BCUT2D eigenvalue weighted by atomic mass is 9.78. The Bertz CT molecular complexity index is 1210. The van der Waals surface area contributed by atoms with Gasteiger partial charge >= 0.3 is 0 Å². The van der Waals surface area contributed by atoms with Gasteiger partial charge in [0.2, 0.25) is 0 Å². The fourth-order valence-corrected chi connectivity index (χ4v) is 4.20. The van der Waals surface area contributed by atoms with Crippen molar-refractivity contribution in [2.45, 2.75) is 45.3 Å². The molecule has 7 heteroatoms. The maximum absolute atomic E-state index is 14.4. The Morgan fingerprint density at radius 2 is 1.94 bits per heavy atom. The van der Waals surface area contributed by atoms with Crippen molar-refractivity contribution in [3.05, 3.63) is 78.5 Å². The van der Waals surface area contributed by atoms with E-state index in [0.717, 1.165) is 30.4 Å². The van der Waals surface area contributed by atoms with Gasteiger partial charge in [-0.05, 0) is 62.4 Å². The van der Waals surface area contributed by atoms with Gasteiger partial charge in [0, 0.05) is 35.4 Å². The van der Waals surface area contributed by atoms with E-state index in [9.17, 15) is 14.3 Å². The number of hydrogen-bond donors (Lipinski definition) is 3. The first-order valence-corrected chi connectivity index (χ1v) is 11.5. The van der Waals surface area contributed by atoms with Crippen molar-refractivity contribution in [2.24, 2.45) is 5.92 Å². The number of anilines is 2. The number of aliphatic hydroxyl groups is 1. The van der Waals surface area contributed by atoms with Gasteiger partial charge in [-0.1, -0.05) is 25.1 Å². The molecule has 4 rings (SSSR count). The second-order valence-corrected chi connectivity index (χ2v) is 8.85. The Balaban J connectivity index is 1.66. The van der Waals surface area contributed by atoms with Crippen LogP contribution < -0.4 is 10.6 Å². The van der Waals surface area contributed by atoms with Crippen molar-refractivity contribution in [3.63, 3.8) is 0 Å². The summed E-state index contributed by atoms with van der Waals surface area (Å²) >= 11 is 0. The molecule has 1 aliphatic rings. The Kier molecular flexibility index (Phi) is 7.03. The molecule has 1 aliphatic carbocycles. The van der Waals surface area contributed by atoms with E-state index in [1.165, 1.54) is 12.3 Å². The minimum absolute atomic E-state index is 0.274. The minimum atomic E-state index is -0.652. The lowest BCUT2D eigenvalue weighted by molar-refractivity contribution is 0.0656. The molecule has 2 aromatic heterocycles. The summed E-state index contributed by atoms with van der Waals surface area (Å²) in [5.41, 5.74) is 3.90. The number of benzene rings is 1. The van der Waals surface area contributed by atoms with E-state index in [4.69, 9.17) is 0 Å². The number of nitrogens with zero attached hydrogens (tertiary/aromatic N) is 2. The summed E-state index contributed by atoms with van der Waals surface area (Å²) in [6.45, 7) is 7.58. The number of carbonyl (C=O) groups excluding carboxylic acids is 1. The Morgan fingerprint density at radius 1 is 1.18 bits per heavy atom. The fraction of sp³-hybridized carbons (Fsp3) is 0.296. The lowest BCUT2D eigenvalue weighted by Crippen LogP contribution is -2.49. The van der Waals surface area contributed by atoms with Crippen LogP contribution in [0.2, 0.25) is 0 Å². The monoisotopic (exact) mass is 460 g/mol. The second-order valence-electron chi connectivity index (χ2n) is 8.85.